The summed E-state index contributed by atoms with van der Waals surface area (Å²) in [6, 6.07) is 0.955. The molecule has 0 amide bonds. The highest BCUT2D eigenvalue weighted by Crippen LogP contribution is 2.14. The summed E-state index contributed by atoms with van der Waals surface area (Å²) in [7, 11) is -0.167. The fraction of sp³-hybridized carbons (Fsp3) is 0.714. The number of allylic oxidation sites excluding steroid dienone is 1. The second-order valence-corrected chi connectivity index (χ2v) is 6.08. The maximum atomic E-state index is 5.46. The summed E-state index contributed by atoms with van der Waals surface area (Å²) >= 11 is 0. The second-order valence-electron chi connectivity index (χ2n) is 2.50. The molecule has 0 rings (SSSR count). The summed E-state index contributed by atoms with van der Waals surface area (Å²) in [5.41, 5.74) is 0. The lowest BCUT2D eigenvalue weighted by Crippen LogP contribution is -2.35. The summed E-state index contributed by atoms with van der Waals surface area (Å²) in [6.45, 7) is 9.61. The Bertz CT molecular complexity index is 119. The molecule has 0 spiro atoms. The van der Waals surface area contributed by atoms with Gasteiger partial charge in [-0.2, -0.15) is 0 Å². The van der Waals surface area contributed by atoms with Crippen LogP contribution in [-0.4, -0.2) is 15.7 Å². The minimum Gasteiger partial charge on any atom is -0.525 e. The van der Waals surface area contributed by atoms with Gasteiger partial charge in [0.1, 0.15) is 0 Å². The molecule has 0 aliphatic heterocycles. The van der Waals surface area contributed by atoms with Gasteiger partial charge in [-0.25, -0.2) is 0 Å². The Morgan fingerprint density at radius 2 is 2.10 bits per heavy atom. The van der Waals surface area contributed by atoms with Crippen molar-refractivity contribution in [2.24, 2.45) is 0 Å². The van der Waals surface area contributed by atoms with Crippen molar-refractivity contribution in [3.63, 3.8) is 0 Å². The van der Waals surface area contributed by atoms with Crippen molar-refractivity contribution < 1.29 is 8.85 Å². The predicted molar refractivity (Wildman–Crippen MR) is 45.0 cm³/mol. The molecule has 10 heavy (non-hydrogen) atoms. The Morgan fingerprint density at radius 3 is 2.20 bits per heavy atom. The van der Waals surface area contributed by atoms with Crippen molar-refractivity contribution in [3.8, 4) is 0 Å². The van der Waals surface area contributed by atoms with E-state index in [1.165, 1.54) is 0 Å². The number of rotatable bonds is 4. The summed E-state index contributed by atoms with van der Waals surface area (Å²) < 4.78 is 10.7. The van der Waals surface area contributed by atoms with Crippen LogP contribution >= 0.6 is 0 Å². The molecule has 0 fully saturated rings. The van der Waals surface area contributed by atoms with Crippen molar-refractivity contribution in [1.29, 1.82) is 0 Å². The van der Waals surface area contributed by atoms with Crippen LogP contribution in [0.25, 0.3) is 0 Å². The molecule has 0 radical (unpaired) electrons. The van der Waals surface area contributed by atoms with Crippen LogP contribution in [0.1, 0.15) is 13.8 Å². The quantitative estimate of drug-likeness (QED) is 0.464. The van der Waals surface area contributed by atoms with Gasteiger partial charge in [-0.1, -0.05) is 13.5 Å². The van der Waals surface area contributed by atoms with E-state index in [2.05, 4.69) is 13.5 Å². The lowest BCUT2D eigenvalue weighted by molar-refractivity contribution is 0.260. The average molecular weight is 160 g/mol. The van der Waals surface area contributed by atoms with E-state index in [0.29, 0.717) is 0 Å². The molecule has 0 aromatic carbocycles. The van der Waals surface area contributed by atoms with Gasteiger partial charge in [0.05, 0.1) is 5.76 Å². The molecule has 1 unspecified atom stereocenters. The normalized spacial score (nSPS) is 16.0. The Kier molecular flexibility index (Phi) is 3.67. The van der Waals surface area contributed by atoms with E-state index < -0.39 is 8.56 Å². The van der Waals surface area contributed by atoms with Gasteiger partial charge in [0.25, 0.3) is 0 Å². The lowest BCUT2D eigenvalue weighted by atomic mass is 10.7. The van der Waals surface area contributed by atoms with Crippen LogP contribution in [0.5, 0.6) is 0 Å². The Balaban J connectivity index is 3.92. The molecule has 0 aromatic heterocycles. The fourth-order valence-corrected chi connectivity index (χ4v) is 1.88. The van der Waals surface area contributed by atoms with E-state index >= 15 is 0 Å². The molecular weight excluding hydrogens is 144 g/mol. The van der Waals surface area contributed by atoms with Crippen LogP contribution < -0.4 is 0 Å². The van der Waals surface area contributed by atoms with E-state index in [9.17, 15) is 0 Å². The highest BCUT2D eigenvalue weighted by atomic mass is 28.4. The molecule has 0 saturated carbocycles. The minimum absolute atomic E-state index is 0.748. The third-order valence-corrected chi connectivity index (χ3v) is 4.39. The highest BCUT2D eigenvalue weighted by molar-refractivity contribution is 6.66. The predicted octanol–water partition coefficient (Wildman–Crippen LogP) is 2.27. The van der Waals surface area contributed by atoms with Gasteiger partial charge in [0.15, 0.2) is 0 Å². The molecule has 0 heterocycles. The summed E-state index contributed by atoms with van der Waals surface area (Å²) in [4.78, 5) is 0. The van der Waals surface area contributed by atoms with Gasteiger partial charge in [0, 0.05) is 7.11 Å². The monoisotopic (exact) mass is 160 g/mol. The maximum absolute atomic E-state index is 5.46. The third-order valence-electron chi connectivity index (χ3n) is 1.46. The third kappa shape index (κ3) is 3.03. The van der Waals surface area contributed by atoms with Gasteiger partial charge < -0.3 is 8.85 Å². The van der Waals surface area contributed by atoms with E-state index in [-0.39, 0.29) is 0 Å². The zero-order valence-corrected chi connectivity index (χ0v) is 8.23. The SMILES string of the molecule is C=C(C)O[Si](C)(CC)OC. The van der Waals surface area contributed by atoms with Crippen LogP contribution in [0.4, 0.5) is 0 Å². The zero-order valence-electron chi connectivity index (χ0n) is 7.23. The van der Waals surface area contributed by atoms with Crippen LogP contribution in [0.2, 0.25) is 12.6 Å². The van der Waals surface area contributed by atoms with E-state index in [0.717, 1.165) is 11.8 Å². The molecule has 0 aliphatic carbocycles. The van der Waals surface area contributed by atoms with Crippen LogP contribution in [0.15, 0.2) is 12.3 Å². The maximum Gasteiger partial charge on any atom is 0.394 e. The van der Waals surface area contributed by atoms with Crippen LogP contribution in [-0.2, 0) is 8.85 Å². The van der Waals surface area contributed by atoms with Gasteiger partial charge in [-0.05, 0) is 19.5 Å². The molecule has 0 aliphatic rings. The largest absolute Gasteiger partial charge is 0.525 e. The summed E-state index contributed by atoms with van der Waals surface area (Å²) in [6.07, 6.45) is 0. The fourth-order valence-electron chi connectivity index (χ4n) is 0.627. The first-order valence-electron chi connectivity index (χ1n) is 3.43. The average Bonchev–Trinajstić information content (AvgIpc) is 1.87. The van der Waals surface area contributed by atoms with Crippen molar-refractivity contribution in [1.82, 2.24) is 0 Å². The Morgan fingerprint density at radius 1 is 1.60 bits per heavy atom. The van der Waals surface area contributed by atoms with Crippen molar-refractivity contribution in [3.05, 3.63) is 12.3 Å². The lowest BCUT2D eigenvalue weighted by Gasteiger charge is -2.24. The van der Waals surface area contributed by atoms with Crippen LogP contribution in [0.3, 0.4) is 0 Å². The summed E-state index contributed by atoms with van der Waals surface area (Å²) in [5, 5.41) is 0. The van der Waals surface area contributed by atoms with Crippen molar-refractivity contribution in [2.75, 3.05) is 7.11 Å². The standard InChI is InChI=1S/C7H16O2Si/c1-6-10(5,8-4)9-7(2)3/h2,6H2,1,3-5H3. The molecule has 0 bridgehead atoms. The van der Waals surface area contributed by atoms with Gasteiger partial charge >= 0.3 is 8.56 Å². The molecule has 3 heteroatoms. The molecular formula is C7H16O2Si. The van der Waals surface area contributed by atoms with Gasteiger partial charge in [-0.15, -0.1) is 0 Å². The smallest absolute Gasteiger partial charge is 0.394 e. The first-order valence-corrected chi connectivity index (χ1v) is 5.96. The minimum atomic E-state index is -1.86. The first-order chi connectivity index (χ1) is 4.54. The van der Waals surface area contributed by atoms with Crippen molar-refractivity contribution >= 4 is 8.56 Å². The number of hydrogen-bond acceptors (Lipinski definition) is 2. The van der Waals surface area contributed by atoms with Crippen LogP contribution in [0, 0.1) is 0 Å². The first kappa shape index (κ1) is 9.72. The molecule has 0 N–H and O–H groups in total. The number of hydrogen-bond donors (Lipinski definition) is 0. The van der Waals surface area contributed by atoms with E-state index in [4.69, 9.17) is 8.85 Å². The highest BCUT2D eigenvalue weighted by Gasteiger charge is 2.28. The molecule has 0 saturated heterocycles. The Labute approximate surface area is 64.1 Å². The van der Waals surface area contributed by atoms with Crippen molar-refractivity contribution in [2.45, 2.75) is 26.4 Å². The molecule has 1 atom stereocenters. The molecule has 60 valence electrons. The van der Waals surface area contributed by atoms with Gasteiger partial charge in [-0.3, -0.25) is 0 Å². The van der Waals surface area contributed by atoms with E-state index in [1.807, 2.05) is 13.5 Å². The Hall–Kier alpha value is -0.283. The summed E-state index contributed by atoms with van der Waals surface area (Å²) in [5.74, 6) is 0.748. The topological polar surface area (TPSA) is 18.5 Å². The van der Waals surface area contributed by atoms with Gasteiger partial charge in [0.2, 0.25) is 0 Å². The zero-order chi connectivity index (χ0) is 8.20. The molecule has 2 nitrogen and oxygen atoms in total. The molecule has 0 aromatic rings. The second kappa shape index (κ2) is 3.78. The van der Waals surface area contributed by atoms with E-state index in [1.54, 1.807) is 7.11 Å².